The second kappa shape index (κ2) is 8.57. The number of hydrogen-bond acceptors (Lipinski definition) is 3. The van der Waals surface area contributed by atoms with E-state index >= 15 is 0 Å². The van der Waals surface area contributed by atoms with Gasteiger partial charge in [0, 0.05) is 13.1 Å². The van der Waals surface area contributed by atoms with Crippen LogP contribution in [0.3, 0.4) is 0 Å². The van der Waals surface area contributed by atoms with Crippen LogP contribution < -0.4 is 10.6 Å². The van der Waals surface area contributed by atoms with Crippen molar-refractivity contribution in [1.82, 2.24) is 15.5 Å². The first kappa shape index (κ1) is 20.7. The Labute approximate surface area is 165 Å². The third-order valence-corrected chi connectivity index (χ3v) is 5.53. The summed E-state index contributed by atoms with van der Waals surface area (Å²) in [4.78, 5) is 26.0. The van der Waals surface area contributed by atoms with Crippen LogP contribution >= 0.6 is 11.6 Å². The maximum absolute atomic E-state index is 13.5. The summed E-state index contributed by atoms with van der Waals surface area (Å²) in [6.07, 6.45) is 0.0423. The second-order valence-electron chi connectivity index (χ2n) is 7.01. The van der Waals surface area contributed by atoms with Crippen molar-refractivity contribution in [2.75, 3.05) is 13.1 Å². The highest BCUT2D eigenvalue weighted by Crippen LogP contribution is 2.41. The molecule has 0 radical (unpaired) electrons. The van der Waals surface area contributed by atoms with Gasteiger partial charge in [-0.1, -0.05) is 17.7 Å². The molecular formula is C18H21ClF3N3O3. The number of piperazine rings is 1. The zero-order chi connectivity index (χ0) is 20.4. The lowest BCUT2D eigenvalue weighted by Crippen LogP contribution is -2.59. The first-order valence-electron chi connectivity index (χ1n) is 8.99. The predicted molar refractivity (Wildman–Crippen MR) is 95.5 cm³/mol. The number of halogens is 4. The van der Waals surface area contributed by atoms with Gasteiger partial charge in [-0.2, -0.15) is 8.78 Å². The lowest BCUT2D eigenvalue weighted by atomic mass is 9.75. The SMILES string of the molecule is C[C@@H]1C(=O)NCCN1C(=O)N[C@@H](c1ccc(F)c(Cl)c1)[C@H]1C[C@@H](OC(F)F)C1. The van der Waals surface area contributed by atoms with Gasteiger partial charge < -0.3 is 20.3 Å². The average molecular weight is 420 g/mol. The number of rotatable bonds is 5. The molecule has 1 saturated heterocycles. The number of carbonyl (C=O) groups excluding carboxylic acids is 2. The molecule has 3 amide bonds. The lowest BCUT2D eigenvalue weighted by Gasteiger charge is -2.42. The van der Waals surface area contributed by atoms with Gasteiger partial charge in [0.1, 0.15) is 11.9 Å². The number of nitrogens with one attached hydrogen (secondary N) is 2. The number of ether oxygens (including phenoxy) is 1. The van der Waals surface area contributed by atoms with E-state index in [1.54, 1.807) is 6.92 Å². The van der Waals surface area contributed by atoms with Gasteiger partial charge in [0.15, 0.2) is 0 Å². The molecule has 1 saturated carbocycles. The standard InChI is InChI=1S/C18H21ClF3N3O3/c1-9-16(26)23-4-5-25(9)18(27)24-15(10-2-3-14(20)13(19)8-10)11-6-12(7-11)28-17(21)22/h2-3,8-9,11-12,15,17H,4-7H2,1H3,(H,23,26)(H,24,27)/t9-,11-,12+,15+/m1/s1. The summed E-state index contributed by atoms with van der Waals surface area (Å²) in [5, 5.41) is 5.44. The van der Waals surface area contributed by atoms with E-state index in [1.807, 2.05) is 0 Å². The van der Waals surface area contributed by atoms with Crippen LogP contribution in [0, 0.1) is 11.7 Å². The number of urea groups is 1. The predicted octanol–water partition coefficient (Wildman–Crippen LogP) is 3.07. The Morgan fingerprint density at radius 3 is 2.75 bits per heavy atom. The van der Waals surface area contributed by atoms with Gasteiger partial charge in [-0.3, -0.25) is 4.79 Å². The number of carbonyl (C=O) groups is 2. The summed E-state index contributed by atoms with van der Waals surface area (Å²) < 4.78 is 42.8. The van der Waals surface area contributed by atoms with Gasteiger partial charge in [-0.15, -0.1) is 0 Å². The molecule has 2 N–H and O–H groups in total. The Bertz CT molecular complexity index is 746. The normalized spacial score (nSPS) is 25.9. The fourth-order valence-electron chi connectivity index (χ4n) is 3.59. The van der Waals surface area contributed by atoms with Gasteiger partial charge in [0.25, 0.3) is 0 Å². The van der Waals surface area contributed by atoms with E-state index in [4.69, 9.17) is 11.6 Å². The van der Waals surface area contributed by atoms with Crippen molar-refractivity contribution in [2.45, 2.75) is 44.6 Å². The molecule has 0 aromatic heterocycles. The lowest BCUT2D eigenvalue weighted by molar-refractivity contribution is -0.193. The monoisotopic (exact) mass is 419 g/mol. The molecule has 28 heavy (non-hydrogen) atoms. The van der Waals surface area contributed by atoms with Crippen molar-refractivity contribution < 1.29 is 27.5 Å². The molecule has 2 atom stereocenters. The van der Waals surface area contributed by atoms with Crippen molar-refractivity contribution in [3.8, 4) is 0 Å². The fraction of sp³-hybridized carbons (Fsp3) is 0.556. The Kier molecular flexibility index (Phi) is 6.34. The van der Waals surface area contributed by atoms with Gasteiger partial charge in [-0.25, -0.2) is 9.18 Å². The van der Waals surface area contributed by atoms with Crippen LogP contribution in [0.1, 0.15) is 31.4 Å². The van der Waals surface area contributed by atoms with Crippen molar-refractivity contribution in [3.63, 3.8) is 0 Å². The minimum absolute atomic E-state index is 0.0952. The van der Waals surface area contributed by atoms with Crippen molar-refractivity contribution in [3.05, 3.63) is 34.6 Å². The maximum Gasteiger partial charge on any atom is 0.345 e. The Balaban J connectivity index is 1.75. The van der Waals surface area contributed by atoms with E-state index in [0.29, 0.717) is 31.5 Å². The zero-order valence-electron chi connectivity index (χ0n) is 15.1. The molecule has 6 nitrogen and oxygen atoms in total. The summed E-state index contributed by atoms with van der Waals surface area (Å²) in [5.41, 5.74) is 0.564. The van der Waals surface area contributed by atoms with Crippen molar-refractivity contribution in [1.29, 1.82) is 0 Å². The molecule has 2 aliphatic rings. The molecule has 1 heterocycles. The van der Waals surface area contributed by atoms with Crippen LogP contribution in [0.2, 0.25) is 5.02 Å². The van der Waals surface area contributed by atoms with Gasteiger partial charge in [-0.05, 0) is 43.4 Å². The molecule has 0 spiro atoms. The highest BCUT2D eigenvalue weighted by atomic mass is 35.5. The van der Waals surface area contributed by atoms with Crippen LogP contribution in [0.15, 0.2) is 18.2 Å². The molecule has 1 aromatic rings. The third kappa shape index (κ3) is 4.52. The van der Waals surface area contributed by atoms with E-state index in [0.717, 1.165) is 0 Å². The van der Waals surface area contributed by atoms with Crippen LogP contribution in [0.5, 0.6) is 0 Å². The topological polar surface area (TPSA) is 70.7 Å². The molecule has 1 aromatic carbocycles. The first-order chi connectivity index (χ1) is 13.3. The molecule has 1 aliphatic heterocycles. The molecule has 1 aliphatic carbocycles. The number of alkyl halides is 2. The highest BCUT2D eigenvalue weighted by molar-refractivity contribution is 6.30. The van der Waals surface area contributed by atoms with Crippen LogP contribution in [0.25, 0.3) is 0 Å². The minimum Gasteiger partial charge on any atom is -0.353 e. The smallest absolute Gasteiger partial charge is 0.345 e. The molecule has 154 valence electrons. The third-order valence-electron chi connectivity index (χ3n) is 5.24. The molecule has 2 fully saturated rings. The Morgan fingerprint density at radius 1 is 1.39 bits per heavy atom. The minimum atomic E-state index is -2.85. The number of amides is 3. The van der Waals surface area contributed by atoms with E-state index in [2.05, 4.69) is 15.4 Å². The van der Waals surface area contributed by atoms with Crippen molar-refractivity contribution >= 4 is 23.5 Å². The molecule has 3 rings (SSSR count). The number of hydrogen-bond donors (Lipinski definition) is 2. The molecule has 0 unspecified atom stereocenters. The van der Waals surface area contributed by atoms with E-state index in [-0.39, 0.29) is 16.8 Å². The summed E-state index contributed by atoms with van der Waals surface area (Å²) in [6, 6.07) is 2.45. The van der Waals surface area contributed by atoms with Crippen LogP contribution in [0.4, 0.5) is 18.0 Å². The summed E-state index contributed by atoms with van der Waals surface area (Å²) in [5.74, 6) is -1.02. The number of nitrogens with zero attached hydrogens (tertiary/aromatic N) is 1. The Hall–Kier alpha value is -2.00. The van der Waals surface area contributed by atoms with E-state index < -0.39 is 36.6 Å². The zero-order valence-corrected chi connectivity index (χ0v) is 15.9. The molecular weight excluding hydrogens is 399 g/mol. The van der Waals surface area contributed by atoms with Gasteiger partial charge in [0.05, 0.1) is 17.2 Å². The summed E-state index contributed by atoms with van der Waals surface area (Å²) >= 11 is 5.87. The first-order valence-corrected chi connectivity index (χ1v) is 9.37. The van der Waals surface area contributed by atoms with Crippen LogP contribution in [-0.4, -0.2) is 48.7 Å². The van der Waals surface area contributed by atoms with Crippen molar-refractivity contribution in [2.24, 2.45) is 5.92 Å². The quantitative estimate of drug-likeness (QED) is 0.770. The van der Waals surface area contributed by atoms with Crippen LogP contribution in [-0.2, 0) is 9.53 Å². The number of benzene rings is 1. The van der Waals surface area contributed by atoms with Gasteiger partial charge >= 0.3 is 12.6 Å². The molecule has 0 bridgehead atoms. The maximum atomic E-state index is 13.5. The largest absolute Gasteiger partial charge is 0.353 e. The summed E-state index contributed by atoms with van der Waals surface area (Å²) in [6.45, 7) is -0.547. The highest BCUT2D eigenvalue weighted by Gasteiger charge is 2.40. The van der Waals surface area contributed by atoms with E-state index in [9.17, 15) is 22.8 Å². The van der Waals surface area contributed by atoms with Gasteiger partial charge in [0.2, 0.25) is 5.91 Å². The fourth-order valence-corrected chi connectivity index (χ4v) is 3.78. The Morgan fingerprint density at radius 2 is 2.11 bits per heavy atom. The molecule has 10 heteroatoms. The van der Waals surface area contributed by atoms with E-state index in [1.165, 1.54) is 23.1 Å². The second-order valence-corrected chi connectivity index (χ2v) is 7.42. The summed E-state index contributed by atoms with van der Waals surface area (Å²) in [7, 11) is 0. The average Bonchev–Trinajstić information content (AvgIpc) is 2.60.